The number of pyridine rings is 1. The Bertz CT molecular complexity index is 413. The first-order chi connectivity index (χ1) is 7.45. The summed E-state index contributed by atoms with van der Waals surface area (Å²) in [6, 6.07) is 1.22. The van der Waals surface area contributed by atoms with Gasteiger partial charge >= 0.3 is 5.97 Å². The van der Waals surface area contributed by atoms with E-state index in [-0.39, 0.29) is 16.6 Å². The molecule has 0 radical (unpaired) electrons. The van der Waals surface area contributed by atoms with Gasteiger partial charge in [-0.3, -0.25) is 4.79 Å². The molecule has 88 valence electrons. The molecule has 16 heavy (non-hydrogen) atoms. The van der Waals surface area contributed by atoms with Crippen molar-refractivity contribution in [2.24, 2.45) is 0 Å². The van der Waals surface area contributed by atoms with Crippen molar-refractivity contribution < 1.29 is 18.7 Å². The zero-order chi connectivity index (χ0) is 12.3. The van der Waals surface area contributed by atoms with E-state index in [1.807, 2.05) is 0 Å². The van der Waals surface area contributed by atoms with Gasteiger partial charge in [0.15, 0.2) is 0 Å². The summed E-state index contributed by atoms with van der Waals surface area (Å²) < 4.78 is 24.9. The van der Waals surface area contributed by atoms with Crippen molar-refractivity contribution in [1.82, 2.24) is 4.98 Å². The topological polar surface area (TPSA) is 50.2 Å². The third-order valence-corrected chi connectivity index (χ3v) is 2.43. The van der Waals surface area contributed by atoms with Crippen LogP contribution in [0.5, 0.6) is 0 Å². The van der Waals surface area contributed by atoms with Crippen LogP contribution in [0.25, 0.3) is 0 Å². The van der Waals surface area contributed by atoms with Gasteiger partial charge in [0.2, 0.25) is 0 Å². The smallest absolute Gasteiger partial charge is 0.309 e. The quantitative estimate of drug-likeness (QED) is 0.855. The summed E-state index contributed by atoms with van der Waals surface area (Å²) in [5.41, 5.74) is -0.257. The van der Waals surface area contributed by atoms with Gasteiger partial charge in [-0.15, -0.1) is 11.6 Å². The first kappa shape index (κ1) is 13.1. The minimum atomic E-state index is -2.84. The van der Waals surface area contributed by atoms with Crippen molar-refractivity contribution in [2.75, 3.05) is 0 Å². The summed E-state index contributed by atoms with van der Waals surface area (Å²) in [5.74, 6) is -1.19. The average molecular weight is 270 g/mol. The van der Waals surface area contributed by atoms with Crippen LogP contribution in [0.15, 0.2) is 6.07 Å². The summed E-state index contributed by atoms with van der Waals surface area (Å²) >= 11 is 11.1. The van der Waals surface area contributed by atoms with E-state index in [0.29, 0.717) is 5.56 Å². The van der Waals surface area contributed by atoms with Crippen molar-refractivity contribution in [3.63, 3.8) is 0 Å². The lowest BCUT2D eigenvalue weighted by Gasteiger charge is -2.09. The van der Waals surface area contributed by atoms with Crippen LogP contribution < -0.4 is 0 Å². The van der Waals surface area contributed by atoms with Crippen molar-refractivity contribution >= 4 is 29.2 Å². The Hall–Kier alpha value is -0.940. The zero-order valence-electron chi connectivity index (χ0n) is 7.88. The van der Waals surface area contributed by atoms with Crippen molar-refractivity contribution in [2.45, 2.75) is 18.7 Å². The number of aliphatic carboxylic acids is 1. The molecular formula is C9H7Cl2F2NO2. The molecule has 0 aromatic carbocycles. The number of hydrogen-bond donors (Lipinski definition) is 1. The van der Waals surface area contributed by atoms with Gasteiger partial charge in [0.1, 0.15) is 5.69 Å². The van der Waals surface area contributed by atoms with Gasteiger partial charge in [-0.1, -0.05) is 11.6 Å². The fourth-order valence-electron chi connectivity index (χ4n) is 1.15. The van der Waals surface area contributed by atoms with Crippen LogP contribution in [0.1, 0.15) is 23.4 Å². The molecule has 3 nitrogen and oxygen atoms in total. The highest BCUT2D eigenvalue weighted by molar-refractivity contribution is 6.31. The Morgan fingerprint density at radius 2 is 2.19 bits per heavy atom. The first-order valence-electron chi connectivity index (χ1n) is 4.19. The third-order valence-electron chi connectivity index (χ3n) is 1.84. The maximum atomic E-state index is 12.5. The molecule has 0 saturated carbocycles. The molecule has 0 amide bonds. The largest absolute Gasteiger partial charge is 0.481 e. The predicted octanol–water partition coefficient (Wildman–Crippen LogP) is 3.04. The number of aromatic nitrogens is 1. The fourth-order valence-corrected chi connectivity index (χ4v) is 1.63. The molecule has 0 atom stereocenters. The molecule has 7 heteroatoms. The molecular weight excluding hydrogens is 263 g/mol. The number of carboxylic acid groups (broad SMARTS) is 1. The number of hydrogen-bond acceptors (Lipinski definition) is 2. The van der Waals surface area contributed by atoms with Gasteiger partial charge in [-0.2, -0.15) is 0 Å². The van der Waals surface area contributed by atoms with E-state index in [2.05, 4.69) is 4.98 Å². The van der Waals surface area contributed by atoms with Crippen LogP contribution in [0.4, 0.5) is 8.78 Å². The van der Waals surface area contributed by atoms with Crippen molar-refractivity contribution in [3.8, 4) is 0 Å². The van der Waals surface area contributed by atoms with Crippen LogP contribution in [-0.4, -0.2) is 16.1 Å². The van der Waals surface area contributed by atoms with E-state index < -0.39 is 24.5 Å². The van der Waals surface area contributed by atoms with E-state index in [9.17, 15) is 13.6 Å². The van der Waals surface area contributed by atoms with Crippen LogP contribution in [0.3, 0.4) is 0 Å². The summed E-state index contributed by atoms with van der Waals surface area (Å²) in [6.07, 6.45) is -3.30. The molecule has 1 aromatic rings. The number of nitrogens with zero attached hydrogens (tertiary/aromatic N) is 1. The molecule has 0 aliphatic heterocycles. The maximum Gasteiger partial charge on any atom is 0.309 e. The number of alkyl halides is 3. The lowest BCUT2D eigenvalue weighted by molar-refractivity contribution is -0.136. The second-order valence-corrected chi connectivity index (χ2v) is 3.64. The number of halogens is 4. The minimum Gasteiger partial charge on any atom is -0.481 e. The van der Waals surface area contributed by atoms with Gasteiger partial charge in [0, 0.05) is 5.88 Å². The van der Waals surface area contributed by atoms with Gasteiger partial charge in [0.25, 0.3) is 6.43 Å². The Kier molecular flexibility index (Phi) is 4.44. The van der Waals surface area contributed by atoms with E-state index in [1.165, 1.54) is 6.07 Å². The molecule has 0 unspecified atom stereocenters. The second kappa shape index (κ2) is 5.41. The number of carbonyl (C=O) groups is 1. The standard InChI is InChI=1S/C9H7Cl2F2NO2/c10-3-4-1-5(11)8(9(12)13)14-6(4)2-7(15)16/h1,9H,2-3H2,(H,15,16). The zero-order valence-corrected chi connectivity index (χ0v) is 9.40. The predicted molar refractivity (Wildman–Crippen MR) is 55.1 cm³/mol. The summed E-state index contributed by atoms with van der Waals surface area (Å²) in [4.78, 5) is 14.0. The van der Waals surface area contributed by atoms with Gasteiger partial charge < -0.3 is 5.11 Å². The van der Waals surface area contributed by atoms with Crippen LogP contribution in [-0.2, 0) is 17.1 Å². The highest BCUT2D eigenvalue weighted by Crippen LogP contribution is 2.27. The van der Waals surface area contributed by atoms with Gasteiger partial charge in [-0.05, 0) is 11.6 Å². The highest BCUT2D eigenvalue weighted by Gasteiger charge is 2.18. The Morgan fingerprint density at radius 1 is 1.56 bits per heavy atom. The first-order valence-corrected chi connectivity index (χ1v) is 5.11. The number of rotatable bonds is 4. The van der Waals surface area contributed by atoms with Gasteiger partial charge in [0.05, 0.1) is 17.1 Å². The second-order valence-electron chi connectivity index (χ2n) is 2.97. The van der Waals surface area contributed by atoms with Crippen molar-refractivity contribution in [3.05, 3.63) is 28.0 Å². The SMILES string of the molecule is O=C(O)Cc1nc(C(F)F)c(Cl)cc1CCl. The molecule has 0 saturated heterocycles. The van der Waals surface area contributed by atoms with E-state index in [4.69, 9.17) is 28.3 Å². The summed E-state index contributed by atoms with van der Waals surface area (Å²) in [6.45, 7) is 0. The molecule has 0 aliphatic rings. The Labute approximate surface area is 100 Å². The third kappa shape index (κ3) is 3.02. The number of carboxylic acids is 1. The van der Waals surface area contributed by atoms with Gasteiger partial charge in [-0.25, -0.2) is 13.8 Å². The molecule has 1 N–H and O–H groups in total. The molecule has 1 aromatic heterocycles. The molecule has 1 rings (SSSR count). The Balaban J connectivity index is 3.22. The summed E-state index contributed by atoms with van der Waals surface area (Å²) in [5, 5.41) is 8.37. The lowest BCUT2D eigenvalue weighted by Crippen LogP contribution is -2.08. The van der Waals surface area contributed by atoms with Crippen LogP contribution in [0, 0.1) is 0 Å². The average Bonchev–Trinajstić information content (AvgIpc) is 2.18. The normalized spacial score (nSPS) is 10.8. The monoisotopic (exact) mass is 269 g/mol. The van der Waals surface area contributed by atoms with Crippen LogP contribution in [0.2, 0.25) is 5.02 Å². The maximum absolute atomic E-state index is 12.5. The molecule has 0 fully saturated rings. The van der Waals surface area contributed by atoms with Crippen LogP contribution >= 0.6 is 23.2 Å². The molecule has 0 aliphatic carbocycles. The highest BCUT2D eigenvalue weighted by atomic mass is 35.5. The summed E-state index contributed by atoms with van der Waals surface area (Å²) in [7, 11) is 0. The van der Waals surface area contributed by atoms with E-state index in [0.717, 1.165) is 0 Å². The van der Waals surface area contributed by atoms with E-state index in [1.54, 1.807) is 0 Å². The lowest BCUT2D eigenvalue weighted by atomic mass is 10.1. The minimum absolute atomic E-state index is 0.0159. The molecule has 0 spiro atoms. The molecule has 0 bridgehead atoms. The fraction of sp³-hybridized carbons (Fsp3) is 0.333. The molecule has 1 heterocycles. The Morgan fingerprint density at radius 3 is 2.62 bits per heavy atom. The van der Waals surface area contributed by atoms with Crippen molar-refractivity contribution in [1.29, 1.82) is 0 Å². The van der Waals surface area contributed by atoms with E-state index >= 15 is 0 Å².